The van der Waals surface area contributed by atoms with E-state index in [4.69, 9.17) is 4.74 Å². The first-order valence-electron chi connectivity index (χ1n) is 9.65. The molecule has 1 aromatic carbocycles. The SMILES string of the molecule is O=C(Nc1ccc(OC2CCC2)c(F)c1)C(=O)N[C@@H]1CCC[C@@H]1n1ccnc1. The number of carbonyl (C=O) groups is 2. The van der Waals surface area contributed by atoms with Gasteiger partial charge in [0, 0.05) is 24.1 Å². The van der Waals surface area contributed by atoms with Crippen LogP contribution < -0.4 is 15.4 Å². The Kier molecular flexibility index (Phi) is 5.27. The van der Waals surface area contributed by atoms with Crippen LogP contribution in [0, 0.1) is 5.82 Å². The van der Waals surface area contributed by atoms with Crippen molar-refractivity contribution in [3.63, 3.8) is 0 Å². The van der Waals surface area contributed by atoms with Crippen LogP contribution in [0.3, 0.4) is 0 Å². The highest BCUT2D eigenvalue weighted by atomic mass is 19.1. The Morgan fingerprint density at radius 3 is 2.64 bits per heavy atom. The van der Waals surface area contributed by atoms with Crippen molar-refractivity contribution < 1.29 is 18.7 Å². The van der Waals surface area contributed by atoms with Gasteiger partial charge in [-0.1, -0.05) is 0 Å². The number of aromatic nitrogens is 2. The largest absolute Gasteiger partial charge is 0.487 e. The maximum Gasteiger partial charge on any atom is 0.313 e. The molecule has 2 saturated carbocycles. The minimum absolute atomic E-state index is 0.0653. The third-order valence-electron chi connectivity index (χ3n) is 5.45. The Labute approximate surface area is 162 Å². The van der Waals surface area contributed by atoms with Crippen LogP contribution >= 0.6 is 0 Å². The number of carbonyl (C=O) groups excluding carboxylic acids is 2. The first kappa shape index (κ1) is 18.5. The van der Waals surface area contributed by atoms with Gasteiger partial charge in [-0.2, -0.15) is 0 Å². The van der Waals surface area contributed by atoms with E-state index in [1.807, 2.05) is 10.8 Å². The summed E-state index contributed by atoms with van der Waals surface area (Å²) >= 11 is 0. The van der Waals surface area contributed by atoms with Crippen LogP contribution in [-0.4, -0.2) is 33.5 Å². The molecule has 2 amide bonds. The van der Waals surface area contributed by atoms with Crippen molar-refractivity contribution in [2.45, 2.75) is 56.7 Å². The molecule has 4 rings (SSSR count). The monoisotopic (exact) mass is 386 g/mol. The molecule has 2 N–H and O–H groups in total. The van der Waals surface area contributed by atoms with Crippen molar-refractivity contribution >= 4 is 17.5 Å². The molecule has 2 atom stereocenters. The zero-order valence-corrected chi connectivity index (χ0v) is 15.4. The third kappa shape index (κ3) is 4.00. The number of anilines is 1. The topological polar surface area (TPSA) is 85.2 Å². The molecule has 2 fully saturated rings. The lowest BCUT2D eigenvalue weighted by atomic mass is 9.96. The predicted octanol–water partition coefficient (Wildman–Crippen LogP) is 2.80. The Morgan fingerprint density at radius 2 is 1.96 bits per heavy atom. The zero-order chi connectivity index (χ0) is 19.5. The molecule has 8 heteroatoms. The number of nitrogens with zero attached hydrogens (tertiary/aromatic N) is 2. The van der Waals surface area contributed by atoms with Gasteiger partial charge in [0.1, 0.15) is 0 Å². The predicted molar refractivity (Wildman–Crippen MR) is 100 cm³/mol. The average molecular weight is 386 g/mol. The van der Waals surface area contributed by atoms with Gasteiger partial charge < -0.3 is 19.9 Å². The van der Waals surface area contributed by atoms with E-state index in [2.05, 4.69) is 15.6 Å². The highest BCUT2D eigenvalue weighted by molar-refractivity contribution is 6.39. The highest BCUT2D eigenvalue weighted by Crippen LogP contribution is 2.30. The first-order valence-corrected chi connectivity index (χ1v) is 9.65. The molecule has 2 aliphatic rings. The van der Waals surface area contributed by atoms with Gasteiger partial charge in [-0.05, 0) is 50.7 Å². The van der Waals surface area contributed by atoms with Gasteiger partial charge in [0.15, 0.2) is 11.6 Å². The summed E-state index contributed by atoms with van der Waals surface area (Å²) in [5.41, 5.74) is 0.219. The molecular formula is C20H23FN4O3. The Morgan fingerprint density at radius 1 is 1.14 bits per heavy atom. The van der Waals surface area contributed by atoms with E-state index >= 15 is 0 Å². The van der Waals surface area contributed by atoms with E-state index in [1.54, 1.807) is 12.5 Å². The fraction of sp³-hybridized carbons (Fsp3) is 0.450. The molecule has 148 valence electrons. The summed E-state index contributed by atoms with van der Waals surface area (Å²) in [6, 6.07) is 4.13. The van der Waals surface area contributed by atoms with Crippen molar-refractivity contribution in [3.05, 3.63) is 42.7 Å². The second-order valence-corrected chi connectivity index (χ2v) is 7.36. The number of ether oxygens (including phenoxy) is 1. The number of nitrogens with one attached hydrogen (secondary N) is 2. The molecule has 0 aliphatic heterocycles. The number of hydrogen-bond acceptors (Lipinski definition) is 4. The van der Waals surface area contributed by atoms with Gasteiger partial charge in [-0.3, -0.25) is 9.59 Å². The molecule has 0 saturated heterocycles. The highest BCUT2D eigenvalue weighted by Gasteiger charge is 2.31. The van der Waals surface area contributed by atoms with Crippen molar-refractivity contribution in [1.82, 2.24) is 14.9 Å². The van der Waals surface area contributed by atoms with Crippen LogP contribution in [0.15, 0.2) is 36.9 Å². The fourth-order valence-corrected chi connectivity index (χ4v) is 3.70. The van der Waals surface area contributed by atoms with Crippen LogP contribution in [0.4, 0.5) is 10.1 Å². The van der Waals surface area contributed by atoms with Gasteiger partial charge in [0.25, 0.3) is 0 Å². The summed E-state index contributed by atoms with van der Waals surface area (Å²) in [6.45, 7) is 0. The standard InChI is InChI=1S/C20H23FN4O3/c21-15-11-13(7-8-18(15)28-14-3-1-4-14)23-19(26)20(27)24-16-5-2-6-17(16)25-10-9-22-12-25/h7-12,14,16-17H,1-6H2,(H,23,26)(H,24,27)/t16-,17+/m1/s1. The van der Waals surface area contributed by atoms with Crippen molar-refractivity contribution in [3.8, 4) is 5.75 Å². The van der Waals surface area contributed by atoms with E-state index in [0.717, 1.165) is 38.5 Å². The molecule has 1 heterocycles. The minimum Gasteiger partial charge on any atom is -0.487 e. The van der Waals surface area contributed by atoms with E-state index in [0.29, 0.717) is 0 Å². The molecule has 0 radical (unpaired) electrons. The second-order valence-electron chi connectivity index (χ2n) is 7.36. The smallest absolute Gasteiger partial charge is 0.313 e. The van der Waals surface area contributed by atoms with Crippen LogP contribution in [-0.2, 0) is 9.59 Å². The summed E-state index contributed by atoms with van der Waals surface area (Å²) in [4.78, 5) is 28.6. The Balaban J connectivity index is 1.34. The Bertz CT molecular complexity index is 851. The van der Waals surface area contributed by atoms with Crippen LogP contribution in [0.1, 0.15) is 44.6 Å². The van der Waals surface area contributed by atoms with Gasteiger partial charge in [0.2, 0.25) is 0 Å². The first-order chi connectivity index (χ1) is 13.6. The van der Waals surface area contributed by atoms with E-state index in [-0.39, 0.29) is 29.6 Å². The molecule has 0 spiro atoms. The summed E-state index contributed by atoms with van der Waals surface area (Å²) in [7, 11) is 0. The molecule has 0 unspecified atom stereocenters. The lowest BCUT2D eigenvalue weighted by Crippen LogP contribution is -2.43. The molecule has 2 aromatic rings. The molecule has 1 aromatic heterocycles. The lowest BCUT2D eigenvalue weighted by Gasteiger charge is -2.26. The quantitative estimate of drug-likeness (QED) is 0.774. The second kappa shape index (κ2) is 8.00. The Hall–Kier alpha value is -2.90. The maximum absolute atomic E-state index is 14.2. The average Bonchev–Trinajstić information content (AvgIpc) is 3.30. The molecule has 2 aliphatic carbocycles. The number of benzene rings is 1. The van der Waals surface area contributed by atoms with Crippen LogP contribution in [0.2, 0.25) is 0 Å². The normalized spacial score (nSPS) is 21.8. The van der Waals surface area contributed by atoms with Crippen LogP contribution in [0.25, 0.3) is 0 Å². The lowest BCUT2D eigenvalue weighted by molar-refractivity contribution is -0.136. The summed E-state index contributed by atoms with van der Waals surface area (Å²) in [5.74, 6) is -1.93. The van der Waals surface area contributed by atoms with Gasteiger partial charge in [-0.15, -0.1) is 0 Å². The molecule has 7 nitrogen and oxygen atoms in total. The summed E-state index contributed by atoms with van der Waals surface area (Å²) in [5, 5.41) is 5.24. The van der Waals surface area contributed by atoms with Crippen molar-refractivity contribution in [2.75, 3.05) is 5.32 Å². The number of rotatable bonds is 5. The van der Waals surface area contributed by atoms with Gasteiger partial charge in [0.05, 0.1) is 24.5 Å². The molecular weight excluding hydrogens is 363 g/mol. The van der Waals surface area contributed by atoms with Crippen molar-refractivity contribution in [1.29, 1.82) is 0 Å². The molecule has 28 heavy (non-hydrogen) atoms. The van der Waals surface area contributed by atoms with Crippen molar-refractivity contribution in [2.24, 2.45) is 0 Å². The number of imidazole rings is 1. The van der Waals surface area contributed by atoms with E-state index in [9.17, 15) is 14.0 Å². The van der Waals surface area contributed by atoms with E-state index in [1.165, 1.54) is 18.2 Å². The van der Waals surface area contributed by atoms with E-state index < -0.39 is 17.6 Å². The summed E-state index contributed by atoms with van der Waals surface area (Å²) in [6.07, 6.45) is 10.9. The number of amides is 2. The fourth-order valence-electron chi connectivity index (χ4n) is 3.70. The third-order valence-corrected chi connectivity index (χ3v) is 5.45. The van der Waals surface area contributed by atoms with Gasteiger partial charge in [-0.25, -0.2) is 9.37 Å². The van der Waals surface area contributed by atoms with Crippen LogP contribution in [0.5, 0.6) is 5.75 Å². The summed E-state index contributed by atoms with van der Waals surface area (Å²) < 4.78 is 21.7. The maximum atomic E-state index is 14.2. The van der Waals surface area contributed by atoms with Gasteiger partial charge >= 0.3 is 11.8 Å². The minimum atomic E-state index is -0.816. The number of halogens is 1. The molecule has 0 bridgehead atoms. The number of hydrogen-bond donors (Lipinski definition) is 2. The zero-order valence-electron chi connectivity index (χ0n) is 15.4.